The fraction of sp³-hybridized carbons (Fsp3) is 0.500. The number of carbonyl (C=O) groups excluding carboxylic acids is 1. The van der Waals surface area contributed by atoms with Crippen molar-refractivity contribution in [1.82, 2.24) is 0 Å². The van der Waals surface area contributed by atoms with Gasteiger partial charge in [0, 0.05) is 5.69 Å². The van der Waals surface area contributed by atoms with E-state index in [-0.39, 0.29) is 12.5 Å². The van der Waals surface area contributed by atoms with E-state index in [2.05, 4.69) is 19.2 Å². The molecule has 0 heterocycles. The highest BCUT2D eigenvalue weighted by atomic mass is 32.2. The number of carbonyl (C=O) groups is 2. The van der Waals surface area contributed by atoms with E-state index in [1.807, 2.05) is 6.92 Å². The summed E-state index contributed by atoms with van der Waals surface area (Å²) in [7, 11) is 0. The van der Waals surface area contributed by atoms with Crippen molar-refractivity contribution in [2.75, 3.05) is 23.4 Å². The molecule has 0 saturated heterocycles. The molecule has 2 N–H and O–H groups in total. The molecule has 1 aromatic carbocycles. The van der Waals surface area contributed by atoms with E-state index in [4.69, 9.17) is 9.84 Å². The lowest BCUT2D eigenvalue weighted by Gasteiger charge is -2.11. The van der Waals surface area contributed by atoms with E-state index in [0.29, 0.717) is 17.4 Å². The van der Waals surface area contributed by atoms with Gasteiger partial charge in [0.05, 0.1) is 5.75 Å². The summed E-state index contributed by atoms with van der Waals surface area (Å²) in [4.78, 5) is 22.3. The number of aryl methyl sites for hydroxylation is 1. The van der Waals surface area contributed by atoms with E-state index < -0.39 is 5.97 Å². The summed E-state index contributed by atoms with van der Waals surface area (Å²) in [6.45, 7) is 5.79. The molecule has 0 atom stereocenters. The number of rotatable bonds is 9. The Kier molecular flexibility index (Phi) is 7.80. The number of thioether (sulfide) groups is 1. The predicted molar refractivity (Wildman–Crippen MR) is 89.7 cm³/mol. The first-order valence-corrected chi connectivity index (χ1v) is 8.36. The van der Waals surface area contributed by atoms with Gasteiger partial charge in [-0.1, -0.05) is 13.8 Å². The monoisotopic (exact) mass is 325 g/mol. The van der Waals surface area contributed by atoms with Crippen LogP contribution in [0.4, 0.5) is 5.69 Å². The second-order valence-corrected chi connectivity index (χ2v) is 6.55. The van der Waals surface area contributed by atoms with Crippen LogP contribution in [-0.4, -0.2) is 35.1 Å². The van der Waals surface area contributed by atoms with Crippen molar-refractivity contribution in [3.8, 4) is 5.75 Å². The number of hydrogen-bond acceptors (Lipinski definition) is 4. The quantitative estimate of drug-likeness (QED) is 0.682. The summed E-state index contributed by atoms with van der Waals surface area (Å²) in [5, 5.41) is 11.4. The Bertz CT molecular complexity index is 517. The van der Waals surface area contributed by atoms with E-state index in [9.17, 15) is 9.59 Å². The summed E-state index contributed by atoms with van der Waals surface area (Å²) in [6, 6.07) is 5.09. The van der Waals surface area contributed by atoms with Crippen molar-refractivity contribution < 1.29 is 19.4 Å². The first-order chi connectivity index (χ1) is 10.4. The minimum Gasteiger partial charge on any atom is -0.482 e. The van der Waals surface area contributed by atoms with Gasteiger partial charge in [-0.05, 0) is 48.8 Å². The maximum Gasteiger partial charge on any atom is 0.341 e. The van der Waals surface area contributed by atoms with Gasteiger partial charge in [0.15, 0.2) is 6.61 Å². The summed E-state index contributed by atoms with van der Waals surface area (Å²) in [6.07, 6.45) is 1.10. The van der Waals surface area contributed by atoms with E-state index >= 15 is 0 Å². The highest BCUT2D eigenvalue weighted by Gasteiger charge is 2.07. The summed E-state index contributed by atoms with van der Waals surface area (Å²) >= 11 is 1.63. The van der Waals surface area contributed by atoms with Crippen LogP contribution in [0.25, 0.3) is 0 Å². The van der Waals surface area contributed by atoms with Crippen molar-refractivity contribution in [2.45, 2.75) is 27.2 Å². The Morgan fingerprint density at radius 3 is 2.68 bits per heavy atom. The Morgan fingerprint density at radius 1 is 1.36 bits per heavy atom. The van der Waals surface area contributed by atoms with Gasteiger partial charge in [-0.3, -0.25) is 4.79 Å². The third-order valence-corrected chi connectivity index (χ3v) is 3.90. The van der Waals surface area contributed by atoms with Crippen molar-refractivity contribution >= 4 is 29.3 Å². The second kappa shape index (κ2) is 9.35. The second-order valence-electron chi connectivity index (χ2n) is 5.44. The van der Waals surface area contributed by atoms with Gasteiger partial charge in [-0.25, -0.2) is 4.79 Å². The Morgan fingerprint density at radius 2 is 2.09 bits per heavy atom. The lowest BCUT2D eigenvalue weighted by atomic mass is 10.2. The molecule has 0 fully saturated rings. The minimum atomic E-state index is -1.02. The molecule has 1 amide bonds. The largest absolute Gasteiger partial charge is 0.482 e. The molecule has 0 saturated carbocycles. The van der Waals surface area contributed by atoms with Crippen molar-refractivity contribution in [3.63, 3.8) is 0 Å². The topological polar surface area (TPSA) is 75.6 Å². The van der Waals surface area contributed by atoms with Gasteiger partial charge >= 0.3 is 5.97 Å². The van der Waals surface area contributed by atoms with Crippen LogP contribution in [0.3, 0.4) is 0 Å². The van der Waals surface area contributed by atoms with E-state index in [1.54, 1.807) is 30.0 Å². The van der Waals surface area contributed by atoms with Gasteiger partial charge in [0.25, 0.3) is 0 Å². The first kappa shape index (κ1) is 18.4. The number of amides is 1. The van der Waals surface area contributed by atoms with Crippen LogP contribution in [0.5, 0.6) is 5.75 Å². The molecule has 22 heavy (non-hydrogen) atoms. The van der Waals surface area contributed by atoms with Crippen LogP contribution in [0.2, 0.25) is 0 Å². The van der Waals surface area contributed by atoms with Gasteiger partial charge in [0.1, 0.15) is 5.75 Å². The molecule has 1 rings (SSSR count). The Balaban J connectivity index is 2.45. The number of carboxylic acids is 1. The molecule has 0 radical (unpaired) electrons. The van der Waals surface area contributed by atoms with E-state index in [1.165, 1.54) is 0 Å². The fourth-order valence-corrected chi connectivity index (χ4v) is 2.72. The van der Waals surface area contributed by atoms with Gasteiger partial charge in [-0.2, -0.15) is 11.8 Å². The van der Waals surface area contributed by atoms with Crippen LogP contribution >= 0.6 is 11.8 Å². The SMILES string of the molecule is Cc1cc(OCC(=O)O)ccc1NC(=O)CSCCC(C)C. The summed E-state index contributed by atoms with van der Waals surface area (Å²) in [5.41, 5.74) is 1.56. The molecular formula is C16H23NO4S. The summed E-state index contributed by atoms with van der Waals surface area (Å²) in [5.74, 6) is 1.49. The number of anilines is 1. The molecular weight excluding hydrogens is 302 g/mol. The maximum atomic E-state index is 11.9. The number of aliphatic carboxylic acids is 1. The van der Waals surface area contributed by atoms with Gasteiger partial charge in [0.2, 0.25) is 5.91 Å². The fourth-order valence-electron chi connectivity index (χ4n) is 1.68. The van der Waals surface area contributed by atoms with Crippen molar-refractivity contribution in [1.29, 1.82) is 0 Å². The number of carboxylic acid groups (broad SMARTS) is 1. The molecule has 0 aliphatic rings. The molecule has 0 aliphatic carbocycles. The minimum absolute atomic E-state index is 0.0314. The third kappa shape index (κ3) is 7.36. The van der Waals surface area contributed by atoms with Crippen molar-refractivity contribution in [3.05, 3.63) is 23.8 Å². The molecule has 0 unspecified atom stereocenters. The van der Waals surface area contributed by atoms with Gasteiger partial charge < -0.3 is 15.2 Å². The Labute approximate surface area is 135 Å². The highest BCUT2D eigenvalue weighted by molar-refractivity contribution is 7.99. The standard InChI is InChI=1S/C16H23NO4S/c1-11(2)6-7-22-10-15(18)17-14-5-4-13(8-12(14)3)21-9-16(19)20/h4-5,8,11H,6-7,9-10H2,1-3H3,(H,17,18)(H,19,20). The number of nitrogens with one attached hydrogen (secondary N) is 1. The molecule has 122 valence electrons. The smallest absolute Gasteiger partial charge is 0.341 e. The first-order valence-electron chi connectivity index (χ1n) is 7.21. The lowest BCUT2D eigenvalue weighted by molar-refractivity contribution is -0.139. The van der Waals surface area contributed by atoms with Crippen LogP contribution < -0.4 is 10.1 Å². The van der Waals surface area contributed by atoms with Crippen LogP contribution in [0, 0.1) is 12.8 Å². The zero-order valence-corrected chi connectivity index (χ0v) is 14.0. The molecule has 0 spiro atoms. The normalized spacial score (nSPS) is 10.5. The number of ether oxygens (including phenoxy) is 1. The molecule has 0 aromatic heterocycles. The highest BCUT2D eigenvalue weighted by Crippen LogP contribution is 2.21. The predicted octanol–water partition coefficient (Wildman–Crippen LogP) is 3.18. The van der Waals surface area contributed by atoms with Crippen LogP contribution in [-0.2, 0) is 9.59 Å². The lowest BCUT2D eigenvalue weighted by Crippen LogP contribution is -2.15. The number of hydrogen-bond donors (Lipinski definition) is 2. The van der Waals surface area contributed by atoms with Crippen LogP contribution in [0.15, 0.2) is 18.2 Å². The molecule has 0 aliphatic heterocycles. The van der Waals surface area contributed by atoms with E-state index in [0.717, 1.165) is 23.4 Å². The zero-order chi connectivity index (χ0) is 16.5. The molecule has 5 nitrogen and oxygen atoms in total. The average Bonchev–Trinajstić information content (AvgIpc) is 2.44. The zero-order valence-electron chi connectivity index (χ0n) is 13.2. The maximum absolute atomic E-state index is 11.9. The van der Waals surface area contributed by atoms with Gasteiger partial charge in [-0.15, -0.1) is 0 Å². The van der Waals surface area contributed by atoms with Crippen molar-refractivity contribution in [2.24, 2.45) is 5.92 Å². The molecule has 1 aromatic rings. The third-order valence-electron chi connectivity index (χ3n) is 2.91. The molecule has 6 heteroatoms. The number of benzene rings is 1. The average molecular weight is 325 g/mol. The Hall–Kier alpha value is -1.69. The van der Waals surface area contributed by atoms with Crippen LogP contribution in [0.1, 0.15) is 25.8 Å². The molecule has 0 bridgehead atoms. The summed E-state index contributed by atoms with van der Waals surface area (Å²) < 4.78 is 5.09.